The maximum Gasteiger partial charge on any atom is 0.437 e. The number of alkyl halides is 3. The Morgan fingerprint density at radius 3 is 2.58 bits per heavy atom. The molecular weight excluding hydrogens is 443 g/mol. The fraction of sp³-hybridized carbons (Fsp3) is 0.167. The molecule has 0 aliphatic heterocycles. The molecule has 0 bridgehead atoms. The zero-order valence-electron chi connectivity index (χ0n) is 15.5. The van der Waals surface area contributed by atoms with Crippen molar-refractivity contribution in [3.63, 3.8) is 0 Å². The van der Waals surface area contributed by atoms with Gasteiger partial charge >= 0.3 is 6.18 Å². The summed E-state index contributed by atoms with van der Waals surface area (Å²) in [6, 6.07) is 6.16. The van der Waals surface area contributed by atoms with Gasteiger partial charge in [-0.15, -0.1) is 0 Å². The van der Waals surface area contributed by atoms with Crippen LogP contribution < -0.4 is 21.4 Å². The monoisotopic (exact) mass is 453 g/mol. The largest absolute Gasteiger partial charge is 0.449 e. The number of aromatic nitrogens is 4. The molecule has 0 fully saturated rings. The first-order valence-electron chi connectivity index (χ1n) is 8.34. The first kappa shape index (κ1) is 21.8. The summed E-state index contributed by atoms with van der Waals surface area (Å²) in [4.78, 5) is 39.8. The van der Waals surface area contributed by atoms with E-state index < -0.39 is 40.8 Å². The standard InChI is InChI=1S/C18H11ClF3N5O4/c1-26-13(28)4-10(16(29)25-26)7-27-8-24-15(18(20,21)22)14(17(27)30)31-12-3-9(6-23)2-11(19)5-12/h2-5,8H,7H2,1H3,(H,25,29). The van der Waals surface area contributed by atoms with Gasteiger partial charge in [-0.1, -0.05) is 11.6 Å². The predicted octanol–water partition coefficient (Wildman–Crippen LogP) is 2.01. The highest BCUT2D eigenvalue weighted by Gasteiger charge is 2.38. The first-order chi connectivity index (χ1) is 14.5. The van der Waals surface area contributed by atoms with Crippen LogP contribution in [0.3, 0.4) is 0 Å². The van der Waals surface area contributed by atoms with Gasteiger partial charge in [-0.25, -0.2) is 4.98 Å². The first-order valence-corrected chi connectivity index (χ1v) is 8.72. The van der Waals surface area contributed by atoms with Gasteiger partial charge < -0.3 is 4.74 Å². The molecule has 0 spiro atoms. The van der Waals surface area contributed by atoms with Crippen LogP contribution in [0.25, 0.3) is 0 Å². The topological polar surface area (TPSA) is 123 Å². The summed E-state index contributed by atoms with van der Waals surface area (Å²) in [5.74, 6) is -1.47. The fourth-order valence-corrected chi connectivity index (χ4v) is 2.80. The van der Waals surface area contributed by atoms with Crippen molar-refractivity contribution >= 4 is 11.6 Å². The Kier molecular flexibility index (Phi) is 5.72. The van der Waals surface area contributed by atoms with Crippen molar-refractivity contribution < 1.29 is 17.9 Å². The molecule has 2 heterocycles. The highest BCUT2D eigenvalue weighted by molar-refractivity contribution is 6.30. The van der Waals surface area contributed by atoms with Crippen LogP contribution in [0.15, 0.2) is 45.0 Å². The molecule has 3 aromatic rings. The van der Waals surface area contributed by atoms with E-state index in [1.807, 2.05) is 0 Å². The van der Waals surface area contributed by atoms with Gasteiger partial charge in [0.2, 0.25) is 5.75 Å². The summed E-state index contributed by atoms with van der Waals surface area (Å²) in [7, 11) is 1.30. The van der Waals surface area contributed by atoms with E-state index in [4.69, 9.17) is 21.6 Å². The molecule has 1 N–H and O–H groups in total. The second-order valence-electron chi connectivity index (χ2n) is 6.25. The van der Waals surface area contributed by atoms with E-state index in [1.165, 1.54) is 13.1 Å². The minimum absolute atomic E-state index is 0.00140. The van der Waals surface area contributed by atoms with Gasteiger partial charge in [0.1, 0.15) is 5.75 Å². The number of aromatic amines is 1. The van der Waals surface area contributed by atoms with Crippen molar-refractivity contribution in [2.45, 2.75) is 12.7 Å². The van der Waals surface area contributed by atoms with E-state index in [2.05, 4.69) is 10.1 Å². The molecule has 2 aromatic heterocycles. The van der Waals surface area contributed by atoms with Crippen molar-refractivity contribution in [3.05, 3.63) is 83.5 Å². The van der Waals surface area contributed by atoms with Gasteiger partial charge in [-0.2, -0.15) is 18.4 Å². The van der Waals surface area contributed by atoms with Crippen molar-refractivity contribution in [1.29, 1.82) is 5.26 Å². The van der Waals surface area contributed by atoms with E-state index in [9.17, 15) is 27.6 Å². The average molecular weight is 454 g/mol. The molecule has 0 amide bonds. The Bertz CT molecular complexity index is 1390. The van der Waals surface area contributed by atoms with Crippen molar-refractivity contribution in [2.75, 3.05) is 0 Å². The van der Waals surface area contributed by atoms with Crippen LogP contribution in [0.1, 0.15) is 16.8 Å². The summed E-state index contributed by atoms with van der Waals surface area (Å²) < 4.78 is 46.9. The third-order valence-electron chi connectivity index (χ3n) is 4.02. The molecule has 0 aliphatic rings. The Labute approximate surface area is 175 Å². The molecule has 0 unspecified atom stereocenters. The highest BCUT2D eigenvalue weighted by Crippen LogP contribution is 2.35. The van der Waals surface area contributed by atoms with Crippen LogP contribution >= 0.6 is 11.6 Å². The lowest BCUT2D eigenvalue weighted by Gasteiger charge is -2.15. The van der Waals surface area contributed by atoms with Crippen LogP contribution in [-0.2, 0) is 19.8 Å². The smallest absolute Gasteiger partial charge is 0.437 e. The summed E-state index contributed by atoms with van der Waals surface area (Å²) in [5.41, 5.74) is -4.36. The van der Waals surface area contributed by atoms with Crippen molar-refractivity contribution in [3.8, 4) is 17.6 Å². The van der Waals surface area contributed by atoms with Crippen LogP contribution in [0, 0.1) is 11.3 Å². The molecule has 160 valence electrons. The lowest BCUT2D eigenvalue weighted by Crippen LogP contribution is -2.32. The average Bonchev–Trinajstić information content (AvgIpc) is 2.67. The summed E-state index contributed by atoms with van der Waals surface area (Å²) in [6.45, 7) is -0.537. The lowest BCUT2D eigenvalue weighted by atomic mass is 10.2. The molecule has 0 atom stereocenters. The molecule has 1 aromatic carbocycles. The summed E-state index contributed by atoms with van der Waals surface area (Å²) in [5, 5.41) is 11.2. The third kappa shape index (κ3) is 4.67. The lowest BCUT2D eigenvalue weighted by molar-refractivity contribution is -0.142. The third-order valence-corrected chi connectivity index (χ3v) is 4.23. The number of ether oxygens (including phenoxy) is 1. The number of nitrogens with one attached hydrogen (secondary N) is 1. The number of nitriles is 1. The predicted molar refractivity (Wildman–Crippen MR) is 101 cm³/mol. The fourth-order valence-electron chi connectivity index (χ4n) is 2.57. The number of H-pyrrole nitrogens is 1. The molecule has 9 nitrogen and oxygen atoms in total. The number of hydrogen-bond acceptors (Lipinski definition) is 6. The number of aryl methyl sites for hydroxylation is 1. The van der Waals surface area contributed by atoms with Crippen LogP contribution in [-0.4, -0.2) is 19.3 Å². The molecule has 3 rings (SSSR count). The highest BCUT2D eigenvalue weighted by atomic mass is 35.5. The van der Waals surface area contributed by atoms with Gasteiger partial charge in [0.05, 0.1) is 24.5 Å². The number of hydrogen-bond donors (Lipinski definition) is 1. The Morgan fingerprint density at radius 1 is 1.23 bits per heavy atom. The SMILES string of the molecule is Cn1[nH]c(=O)c(Cn2cnc(C(F)(F)F)c(Oc3cc(Cl)cc(C#N)c3)c2=O)cc1=O. The molecule has 0 radical (unpaired) electrons. The number of rotatable bonds is 4. The zero-order valence-corrected chi connectivity index (χ0v) is 16.3. The zero-order chi connectivity index (χ0) is 22.9. The summed E-state index contributed by atoms with van der Waals surface area (Å²) >= 11 is 5.83. The van der Waals surface area contributed by atoms with Crippen LogP contribution in [0.4, 0.5) is 13.2 Å². The van der Waals surface area contributed by atoms with E-state index >= 15 is 0 Å². The number of halogens is 4. The minimum atomic E-state index is -5.04. The Morgan fingerprint density at radius 2 is 1.94 bits per heavy atom. The molecule has 13 heteroatoms. The van der Waals surface area contributed by atoms with Gasteiger partial charge in [0.15, 0.2) is 5.69 Å². The Balaban J connectivity index is 2.14. The van der Waals surface area contributed by atoms with E-state index in [0.29, 0.717) is 10.9 Å². The minimum Gasteiger partial charge on any atom is -0.449 e. The molecule has 0 saturated heterocycles. The van der Waals surface area contributed by atoms with Gasteiger partial charge in [0.25, 0.3) is 16.7 Å². The van der Waals surface area contributed by atoms with E-state index in [1.54, 1.807) is 6.07 Å². The van der Waals surface area contributed by atoms with Crippen molar-refractivity contribution in [1.82, 2.24) is 19.3 Å². The van der Waals surface area contributed by atoms with Gasteiger partial charge in [-0.05, 0) is 18.2 Å². The van der Waals surface area contributed by atoms with Gasteiger partial charge in [-0.3, -0.25) is 28.7 Å². The molecule has 31 heavy (non-hydrogen) atoms. The van der Waals surface area contributed by atoms with Crippen LogP contribution in [0.5, 0.6) is 11.5 Å². The van der Waals surface area contributed by atoms with Gasteiger partial charge in [0, 0.05) is 23.7 Å². The number of nitrogens with zero attached hydrogens (tertiary/aromatic N) is 4. The number of benzene rings is 1. The van der Waals surface area contributed by atoms with E-state index in [-0.39, 0.29) is 21.9 Å². The Hall–Kier alpha value is -3.85. The van der Waals surface area contributed by atoms with Crippen LogP contribution in [0.2, 0.25) is 5.02 Å². The second-order valence-corrected chi connectivity index (χ2v) is 6.69. The quantitative estimate of drug-likeness (QED) is 0.644. The normalized spacial score (nSPS) is 11.2. The maximum atomic E-state index is 13.4. The molecular formula is C18H11ClF3N5O4. The molecule has 0 saturated carbocycles. The molecule has 0 aliphatic carbocycles. The van der Waals surface area contributed by atoms with Crippen molar-refractivity contribution in [2.24, 2.45) is 7.05 Å². The maximum absolute atomic E-state index is 13.4. The van der Waals surface area contributed by atoms with E-state index in [0.717, 1.165) is 22.9 Å². The second kappa shape index (κ2) is 8.11. The summed E-state index contributed by atoms with van der Waals surface area (Å²) in [6.07, 6.45) is -4.45.